The van der Waals surface area contributed by atoms with E-state index in [2.05, 4.69) is 45.1 Å². The Kier molecular flexibility index (Phi) is 4.35. The average Bonchev–Trinajstić information content (AvgIpc) is 2.32. The van der Waals surface area contributed by atoms with Gasteiger partial charge in [0, 0.05) is 30.7 Å². The number of rotatable bonds is 3. The molecule has 0 radical (unpaired) electrons. The van der Waals surface area contributed by atoms with E-state index in [1.165, 1.54) is 5.56 Å². The highest BCUT2D eigenvalue weighted by Gasteiger charge is 2.18. The Labute approximate surface area is 105 Å². The van der Waals surface area contributed by atoms with Crippen LogP contribution in [0.25, 0.3) is 0 Å². The van der Waals surface area contributed by atoms with Gasteiger partial charge < -0.3 is 10.5 Å². The normalized spacial score (nSPS) is 22.2. The van der Waals surface area contributed by atoms with Crippen LogP contribution in [0.4, 0.5) is 0 Å². The van der Waals surface area contributed by atoms with Crippen molar-refractivity contribution in [3.05, 3.63) is 34.3 Å². The number of hydrogen-bond acceptors (Lipinski definition) is 3. The molecule has 2 rings (SSSR count). The van der Waals surface area contributed by atoms with Crippen LogP contribution in [0.5, 0.6) is 0 Å². The van der Waals surface area contributed by atoms with Crippen molar-refractivity contribution in [3.63, 3.8) is 0 Å². The van der Waals surface area contributed by atoms with E-state index in [1.807, 2.05) is 0 Å². The molecular formula is C12H17BrN2O. The summed E-state index contributed by atoms with van der Waals surface area (Å²) in [5, 5.41) is 0. The van der Waals surface area contributed by atoms with Gasteiger partial charge in [-0.05, 0) is 17.7 Å². The fourth-order valence-electron chi connectivity index (χ4n) is 1.91. The molecule has 0 aromatic heterocycles. The Morgan fingerprint density at radius 3 is 2.81 bits per heavy atom. The number of nitrogens with zero attached hydrogens (tertiary/aromatic N) is 1. The highest BCUT2D eigenvalue weighted by molar-refractivity contribution is 9.10. The first-order chi connectivity index (χ1) is 7.78. The van der Waals surface area contributed by atoms with Crippen LogP contribution in [0, 0.1) is 0 Å². The summed E-state index contributed by atoms with van der Waals surface area (Å²) in [6.07, 6.45) is 0.198. The van der Waals surface area contributed by atoms with Crippen molar-refractivity contribution < 1.29 is 4.74 Å². The maximum Gasteiger partial charge on any atom is 0.0824 e. The van der Waals surface area contributed by atoms with Crippen molar-refractivity contribution in [1.29, 1.82) is 0 Å². The van der Waals surface area contributed by atoms with Crippen molar-refractivity contribution in [2.24, 2.45) is 5.73 Å². The number of halogens is 1. The molecule has 0 aliphatic carbocycles. The van der Waals surface area contributed by atoms with Crippen LogP contribution in [0.1, 0.15) is 5.56 Å². The fourth-order valence-corrected chi connectivity index (χ4v) is 2.18. The molecule has 0 spiro atoms. The van der Waals surface area contributed by atoms with Crippen LogP contribution >= 0.6 is 15.9 Å². The first-order valence-corrected chi connectivity index (χ1v) is 6.35. The third-order valence-corrected chi connectivity index (χ3v) is 3.33. The molecule has 1 saturated heterocycles. The van der Waals surface area contributed by atoms with Crippen LogP contribution < -0.4 is 5.73 Å². The Morgan fingerprint density at radius 2 is 2.12 bits per heavy atom. The number of nitrogens with two attached hydrogens (primary N) is 1. The summed E-state index contributed by atoms with van der Waals surface area (Å²) in [6.45, 7) is 4.31. The van der Waals surface area contributed by atoms with Crippen molar-refractivity contribution in [1.82, 2.24) is 4.90 Å². The summed E-state index contributed by atoms with van der Waals surface area (Å²) >= 11 is 3.44. The molecule has 1 aliphatic rings. The van der Waals surface area contributed by atoms with E-state index in [-0.39, 0.29) is 6.10 Å². The SMILES string of the molecule is NC[C@@H]1CN(Cc2ccc(Br)cc2)CCO1. The van der Waals surface area contributed by atoms with Gasteiger partial charge in [0.05, 0.1) is 12.7 Å². The summed E-state index contributed by atoms with van der Waals surface area (Å²) in [4.78, 5) is 2.39. The predicted molar refractivity (Wildman–Crippen MR) is 68.2 cm³/mol. The molecule has 3 nitrogen and oxygen atoms in total. The second-order valence-corrected chi connectivity index (χ2v) is 5.01. The summed E-state index contributed by atoms with van der Waals surface area (Å²) in [5.74, 6) is 0. The zero-order chi connectivity index (χ0) is 11.4. The summed E-state index contributed by atoms with van der Waals surface area (Å²) in [6, 6.07) is 8.46. The molecule has 1 fully saturated rings. The number of hydrogen-bond donors (Lipinski definition) is 1. The maximum absolute atomic E-state index is 5.62. The minimum atomic E-state index is 0.198. The zero-order valence-electron chi connectivity index (χ0n) is 9.23. The van der Waals surface area contributed by atoms with E-state index in [4.69, 9.17) is 10.5 Å². The molecule has 0 unspecified atom stereocenters. The number of morpholine rings is 1. The summed E-state index contributed by atoms with van der Waals surface area (Å²) in [7, 11) is 0. The minimum Gasteiger partial charge on any atom is -0.374 e. The van der Waals surface area contributed by atoms with E-state index in [1.54, 1.807) is 0 Å². The van der Waals surface area contributed by atoms with Crippen LogP contribution in [-0.2, 0) is 11.3 Å². The lowest BCUT2D eigenvalue weighted by molar-refractivity contribution is -0.0260. The quantitative estimate of drug-likeness (QED) is 0.917. The second kappa shape index (κ2) is 5.77. The monoisotopic (exact) mass is 284 g/mol. The lowest BCUT2D eigenvalue weighted by atomic mass is 10.2. The van der Waals surface area contributed by atoms with Gasteiger partial charge in [-0.25, -0.2) is 0 Å². The molecule has 0 amide bonds. The molecule has 16 heavy (non-hydrogen) atoms. The van der Waals surface area contributed by atoms with Crippen molar-refractivity contribution >= 4 is 15.9 Å². The van der Waals surface area contributed by atoms with E-state index in [0.29, 0.717) is 6.54 Å². The molecule has 1 aliphatic heterocycles. The molecular weight excluding hydrogens is 268 g/mol. The van der Waals surface area contributed by atoms with Gasteiger partial charge in [0.2, 0.25) is 0 Å². The highest BCUT2D eigenvalue weighted by atomic mass is 79.9. The minimum absolute atomic E-state index is 0.198. The molecule has 1 atom stereocenters. The van der Waals surface area contributed by atoms with E-state index in [0.717, 1.165) is 30.7 Å². The largest absolute Gasteiger partial charge is 0.374 e. The Balaban J connectivity index is 1.91. The van der Waals surface area contributed by atoms with Gasteiger partial charge in [0.25, 0.3) is 0 Å². The molecule has 4 heteroatoms. The number of benzene rings is 1. The molecule has 1 aromatic rings. The van der Waals surface area contributed by atoms with Crippen LogP contribution in [-0.4, -0.2) is 37.2 Å². The Hall–Kier alpha value is -0.420. The topological polar surface area (TPSA) is 38.5 Å². The van der Waals surface area contributed by atoms with Gasteiger partial charge in [-0.3, -0.25) is 4.90 Å². The molecule has 1 aromatic carbocycles. The van der Waals surface area contributed by atoms with E-state index < -0.39 is 0 Å². The van der Waals surface area contributed by atoms with E-state index in [9.17, 15) is 0 Å². The summed E-state index contributed by atoms with van der Waals surface area (Å²) < 4.78 is 6.66. The van der Waals surface area contributed by atoms with Gasteiger partial charge in [0.1, 0.15) is 0 Å². The third kappa shape index (κ3) is 3.28. The lowest BCUT2D eigenvalue weighted by Gasteiger charge is -2.32. The van der Waals surface area contributed by atoms with Crippen molar-refractivity contribution in [2.75, 3.05) is 26.2 Å². The molecule has 0 bridgehead atoms. The van der Waals surface area contributed by atoms with Gasteiger partial charge in [-0.2, -0.15) is 0 Å². The smallest absolute Gasteiger partial charge is 0.0824 e. The van der Waals surface area contributed by atoms with E-state index >= 15 is 0 Å². The van der Waals surface area contributed by atoms with Crippen LogP contribution in [0.15, 0.2) is 28.7 Å². The molecule has 0 saturated carbocycles. The molecule has 2 N–H and O–H groups in total. The average molecular weight is 285 g/mol. The van der Waals surface area contributed by atoms with Crippen LogP contribution in [0.2, 0.25) is 0 Å². The first-order valence-electron chi connectivity index (χ1n) is 5.56. The molecule has 1 heterocycles. The molecule has 88 valence electrons. The van der Waals surface area contributed by atoms with Crippen molar-refractivity contribution in [3.8, 4) is 0 Å². The van der Waals surface area contributed by atoms with Gasteiger partial charge in [-0.1, -0.05) is 28.1 Å². The fraction of sp³-hybridized carbons (Fsp3) is 0.500. The lowest BCUT2D eigenvalue weighted by Crippen LogP contribution is -2.45. The van der Waals surface area contributed by atoms with Gasteiger partial charge in [-0.15, -0.1) is 0 Å². The summed E-state index contributed by atoms with van der Waals surface area (Å²) in [5.41, 5.74) is 6.95. The second-order valence-electron chi connectivity index (χ2n) is 4.09. The van der Waals surface area contributed by atoms with Crippen LogP contribution in [0.3, 0.4) is 0 Å². The maximum atomic E-state index is 5.62. The zero-order valence-corrected chi connectivity index (χ0v) is 10.8. The Morgan fingerprint density at radius 1 is 1.38 bits per heavy atom. The third-order valence-electron chi connectivity index (χ3n) is 2.81. The highest BCUT2D eigenvalue weighted by Crippen LogP contribution is 2.14. The predicted octanol–water partition coefficient (Wildman–Crippen LogP) is 1.61. The van der Waals surface area contributed by atoms with Crippen molar-refractivity contribution in [2.45, 2.75) is 12.6 Å². The first kappa shape index (κ1) is 12.0. The number of ether oxygens (including phenoxy) is 1. The van der Waals surface area contributed by atoms with Gasteiger partial charge in [0.15, 0.2) is 0 Å². The Bertz CT molecular complexity index is 328. The van der Waals surface area contributed by atoms with Gasteiger partial charge >= 0.3 is 0 Å². The standard InChI is InChI=1S/C12H17BrN2O/c13-11-3-1-10(2-4-11)8-15-5-6-16-12(7-14)9-15/h1-4,12H,5-9,14H2/t12-/m1/s1.